The Morgan fingerprint density at radius 1 is 0.517 bits per heavy atom. The molecule has 8 nitrogen and oxygen atoms in total. The van der Waals surface area contributed by atoms with Crippen LogP contribution in [-0.4, -0.2) is 80.6 Å². The van der Waals surface area contributed by atoms with Gasteiger partial charge < -0.3 is 23.8 Å². The number of carboxylic acids is 1. The number of unbranched alkanes of at least 4 members (excludes halogenated alkanes) is 19. The summed E-state index contributed by atoms with van der Waals surface area (Å²) < 4.78 is 17.3. The first kappa shape index (κ1) is 57.0. The first-order chi connectivity index (χ1) is 29.1. The summed E-state index contributed by atoms with van der Waals surface area (Å²) in [5.74, 6) is -1.50. The highest BCUT2D eigenvalue weighted by Crippen LogP contribution is 2.15. The second kappa shape index (κ2) is 42.7. The van der Waals surface area contributed by atoms with Gasteiger partial charge in [0.15, 0.2) is 12.1 Å². The van der Waals surface area contributed by atoms with Crippen molar-refractivity contribution >= 4 is 17.9 Å². The van der Waals surface area contributed by atoms with Gasteiger partial charge in [0.25, 0.3) is 0 Å². The molecule has 0 aliphatic rings. The van der Waals surface area contributed by atoms with Crippen LogP contribution in [0.25, 0.3) is 0 Å². The molecule has 0 spiro atoms. The molecule has 0 rings (SSSR count). The van der Waals surface area contributed by atoms with E-state index >= 15 is 0 Å². The summed E-state index contributed by atoms with van der Waals surface area (Å²) in [4.78, 5) is 37.1. The van der Waals surface area contributed by atoms with Crippen molar-refractivity contribution in [2.75, 3.05) is 41.0 Å². The predicted octanol–water partition coefficient (Wildman–Crippen LogP) is 13.8. The molecule has 0 aromatic rings. The van der Waals surface area contributed by atoms with E-state index in [2.05, 4.69) is 74.6 Å². The number of hydrogen-bond donors (Lipinski definition) is 1. The maximum Gasteiger partial charge on any atom is 0.362 e. The van der Waals surface area contributed by atoms with Crippen LogP contribution in [-0.2, 0) is 28.6 Å². The number of allylic oxidation sites excluding steroid dienone is 10. The van der Waals surface area contributed by atoms with Crippen molar-refractivity contribution in [3.63, 3.8) is 0 Å². The third kappa shape index (κ3) is 40.4. The van der Waals surface area contributed by atoms with Gasteiger partial charge in [0.2, 0.25) is 0 Å². The molecule has 0 saturated carbocycles. The fourth-order valence-electron chi connectivity index (χ4n) is 6.94. The average Bonchev–Trinajstić information content (AvgIpc) is 3.21. The number of quaternary nitrogens is 1. The average molecular weight is 843 g/mol. The van der Waals surface area contributed by atoms with E-state index in [0.29, 0.717) is 19.3 Å². The van der Waals surface area contributed by atoms with E-state index in [1.54, 1.807) is 0 Å². The van der Waals surface area contributed by atoms with Crippen molar-refractivity contribution in [2.45, 2.75) is 212 Å². The van der Waals surface area contributed by atoms with E-state index in [-0.39, 0.29) is 36.2 Å². The van der Waals surface area contributed by atoms with E-state index < -0.39 is 18.1 Å². The van der Waals surface area contributed by atoms with Crippen molar-refractivity contribution in [1.29, 1.82) is 0 Å². The topological polar surface area (TPSA) is 99.1 Å². The Morgan fingerprint density at radius 2 is 0.933 bits per heavy atom. The van der Waals surface area contributed by atoms with Gasteiger partial charge >= 0.3 is 17.9 Å². The molecule has 1 N–H and O–H groups in total. The molecule has 0 aromatic carbocycles. The molecule has 0 radical (unpaired) electrons. The lowest BCUT2D eigenvalue weighted by Gasteiger charge is -2.31. The van der Waals surface area contributed by atoms with Crippen LogP contribution < -0.4 is 0 Å². The van der Waals surface area contributed by atoms with Gasteiger partial charge in [-0.25, -0.2) is 4.79 Å². The number of likely N-dealkylation sites (N-methyl/N-ethyl adjacent to an activating group) is 1. The zero-order valence-electron chi connectivity index (χ0n) is 39.4. The molecule has 2 atom stereocenters. The minimum Gasteiger partial charge on any atom is -0.477 e. The minimum absolute atomic E-state index is 0.0504. The number of carboxylic acid groups (broad SMARTS) is 1. The predicted molar refractivity (Wildman–Crippen MR) is 252 cm³/mol. The Balaban J connectivity index is 4.34. The molecule has 60 heavy (non-hydrogen) atoms. The third-order valence-electron chi connectivity index (χ3n) is 10.7. The van der Waals surface area contributed by atoms with E-state index in [4.69, 9.17) is 14.2 Å². The molecule has 0 bridgehead atoms. The largest absolute Gasteiger partial charge is 0.477 e. The Labute approximate surface area is 368 Å². The smallest absolute Gasteiger partial charge is 0.362 e. The highest BCUT2D eigenvalue weighted by molar-refractivity contribution is 5.72. The van der Waals surface area contributed by atoms with Crippen LogP contribution in [0.4, 0.5) is 0 Å². The van der Waals surface area contributed by atoms with Crippen LogP contribution in [0.5, 0.6) is 0 Å². The molecule has 0 aromatic heterocycles. The van der Waals surface area contributed by atoms with E-state index in [1.165, 1.54) is 89.9 Å². The Bertz CT molecular complexity index is 1170. The number of carbonyl (C=O) groups excluding carboxylic acids is 2. The lowest BCUT2D eigenvalue weighted by molar-refractivity contribution is -0.887. The number of aliphatic carboxylic acids is 1. The summed E-state index contributed by atoms with van der Waals surface area (Å²) in [5.41, 5.74) is 0. The van der Waals surface area contributed by atoms with E-state index in [0.717, 1.165) is 77.0 Å². The monoisotopic (exact) mass is 843 g/mol. The van der Waals surface area contributed by atoms with Gasteiger partial charge in [-0.05, 0) is 57.8 Å². The Morgan fingerprint density at radius 3 is 1.38 bits per heavy atom. The number of esters is 2. The summed E-state index contributed by atoms with van der Waals surface area (Å²) >= 11 is 0. The van der Waals surface area contributed by atoms with Gasteiger partial charge in [-0.2, -0.15) is 0 Å². The van der Waals surface area contributed by atoms with Crippen molar-refractivity contribution < 1.29 is 38.2 Å². The van der Waals surface area contributed by atoms with Crippen LogP contribution in [0.1, 0.15) is 200 Å². The molecule has 0 heterocycles. The van der Waals surface area contributed by atoms with Crippen LogP contribution in [0, 0.1) is 0 Å². The van der Waals surface area contributed by atoms with Gasteiger partial charge in [-0.1, -0.05) is 184 Å². The van der Waals surface area contributed by atoms with Crippen molar-refractivity contribution in [3.05, 3.63) is 60.8 Å². The standard InChI is InChI=1S/C52H91NO7/c1-6-8-10-12-14-16-18-20-22-24-25-27-28-30-32-34-36-38-40-42-50(54)59-47-48(46-58-45-44-49(52(56)57)53(3,4)5)60-51(55)43-41-39-37-35-33-31-29-26-23-21-19-17-15-13-11-9-7-2/h8,10,14,16,20,22,25,27,30,32,48-49H,6-7,9,11-13,15,17-19,21,23-24,26,28-29,31,33-47H2,1-5H3/p+1/b10-8+,16-14+,22-20+,27-25+,32-30+. The van der Waals surface area contributed by atoms with Crippen LogP contribution in [0.15, 0.2) is 60.8 Å². The van der Waals surface area contributed by atoms with Crippen LogP contribution in [0.2, 0.25) is 0 Å². The van der Waals surface area contributed by atoms with Gasteiger partial charge in [0.05, 0.1) is 34.4 Å². The molecule has 0 aliphatic heterocycles. The Hall–Kier alpha value is -2.97. The Kier molecular flexibility index (Phi) is 40.6. The molecule has 0 saturated heterocycles. The highest BCUT2D eigenvalue weighted by Gasteiger charge is 2.31. The molecule has 0 aliphatic carbocycles. The number of nitrogens with zero attached hydrogens (tertiary/aromatic N) is 1. The third-order valence-corrected chi connectivity index (χ3v) is 10.7. The zero-order valence-corrected chi connectivity index (χ0v) is 39.4. The second-order valence-electron chi connectivity index (χ2n) is 17.3. The normalized spacial score (nSPS) is 13.4. The SMILES string of the molecule is CC/C=C/C/C=C/C/C=C/C/C=C/C/C=C/CCCCCC(=O)OCC(COCCC(C(=O)O)[N+](C)(C)C)OC(=O)CCCCCCCCCCCCCCCCCCC. The van der Waals surface area contributed by atoms with Crippen LogP contribution >= 0.6 is 0 Å². The lowest BCUT2D eigenvalue weighted by atomic mass is 10.0. The summed E-state index contributed by atoms with van der Waals surface area (Å²) in [6, 6.07) is -0.621. The molecule has 0 fully saturated rings. The highest BCUT2D eigenvalue weighted by atomic mass is 16.6. The van der Waals surface area contributed by atoms with E-state index in [1.807, 2.05) is 21.1 Å². The summed E-state index contributed by atoms with van der Waals surface area (Å²) in [6.07, 6.45) is 52.6. The summed E-state index contributed by atoms with van der Waals surface area (Å²) in [6.45, 7) is 4.60. The van der Waals surface area contributed by atoms with Crippen LogP contribution in [0.3, 0.4) is 0 Å². The van der Waals surface area contributed by atoms with E-state index in [9.17, 15) is 19.5 Å². The molecule has 2 unspecified atom stereocenters. The molecule has 346 valence electrons. The van der Waals surface area contributed by atoms with Gasteiger partial charge in [-0.15, -0.1) is 0 Å². The number of hydrogen-bond acceptors (Lipinski definition) is 6. The maximum atomic E-state index is 12.8. The first-order valence-electron chi connectivity index (χ1n) is 24.3. The number of rotatable bonds is 43. The lowest BCUT2D eigenvalue weighted by Crippen LogP contribution is -2.50. The van der Waals surface area contributed by atoms with Crippen molar-refractivity contribution in [1.82, 2.24) is 0 Å². The zero-order chi connectivity index (χ0) is 44.2. The quantitative estimate of drug-likeness (QED) is 0.0282. The maximum absolute atomic E-state index is 12.8. The number of ether oxygens (including phenoxy) is 3. The molecule has 8 heteroatoms. The van der Waals surface area contributed by atoms with Gasteiger partial charge in [0.1, 0.15) is 6.61 Å². The second-order valence-corrected chi connectivity index (χ2v) is 17.3. The fourth-order valence-corrected chi connectivity index (χ4v) is 6.94. The molecule has 0 amide bonds. The molecular weight excluding hydrogens is 751 g/mol. The molecular formula is C52H92NO7+. The fraction of sp³-hybridized carbons (Fsp3) is 0.750. The number of carbonyl (C=O) groups is 3. The first-order valence-corrected chi connectivity index (χ1v) is 24.3. The van der Waals surface area contributed by atoms with Gasteiger partial charge in [-0.3, -0.25) is 9.59 Å². The van der Waals surface area contributed by atoms with Gasteiger partial charge in [0, 0.05) is 19.3 Å². The minimum atomic E-state index is -0.880. The van der Waals surface area contributed by atoms with Crippen molar-refractivity contribution in [2.24, 2.45) is 0 Å². The summed E-state index contributed by atoms with van der Waals surface area (Å²) in [5, 5.41) is 9.64. The van der Waals surface area contributed by atoms with Crippen molar-refractivity contribution in [3.8, 4) is 0 Å². The summed E-state index contributed by atoms with van der Waals surface area (Å²) in [7, 11) is 5.52.